The van der Waals surface area contributed by atoms with E-state index in [2.05, 4.69) is 39.9 Å². The summed E-state index contributed by atoms with van der Waals surface area (Å²) in [4.78, 5) is 14.5. The molecule has 0 amide bonds. The molecule has 0 N–H and O–H groups in total. The molecule has 2 nitrogen and oxygen atoms in total. The van der Waals surface area contributed by atoms with Crippen LogP contribution in [0.2, 0.25) is 0 Å². The topological polar surface area (TPSA) is 20.3 Å². The number of halogens is 1. The predicted molar refractivity (Wildman–Crippen MR) is 71.8 cm³/mol. The number of anilines is 1. The van der Waals surface area contributed by atoms with Crippen LogP contribution in [0.15, 0.2) is 38.7 Å². The fourth-order valence-corrected chi connectivity index (χ4v) is 3.23. The van der Waals surface area contributed by atoms with Crippen molar-refractivity contribution in [3.63, 3.8) is 0 Å². The highest BCUT2D eigenvalue weighted by Gasteiger charge is 2.24. The minimum Gasteiger partial charge on any atom is -0.335 e. The molecule has 0 aromatic heterocycles. The van der Waals surface area contributed by atoms with Crippen LogP contribution in [0.1, 0.15) is 13.8 Å². The van der Waals surface area contributed by atoms with Gasteiger partial charge in [0.1, 0.15) is 0 Å². The van der Waals surface area contributed by atoms with Gasteiger partial charge >= 0.3 is 0 Å². The summed E-state index contributed by atoms with van der Waals surface area (Å²) in [5.74, 6) is 0.0906. The third-order valence-electron chi connectivity index (χ3n) is 2.34. The van der Waals surface area contributed by atoms with Gasteiger partial charge in [-0.15, -0.1) is 0 Å². The molecule has 1 aromatic rings. The first-order valence-corrected chi connectivity index (χ1v) is 6.70. The molecule has 16 heavy (non-hydrogen) atoms. The molecule has 2 rings (SSSR count). The molecule has 0 saturated carbocycles. The quantitative estimate of drug-likeness (QED) is 0.774. The Hall–Kier alpha value is -0.740. The summed E-state index contributed by atoms with van der Waals surface area (Å²) in [6.07, 6.45) is 1.70. The zero-order valence-electron chi connectivity index (χ0n) is 9.16. The lowest BCUT2D eigenvalue weighted by atomic mass is 10.3. The van der Waals surface area contributed by atoms with Gasteiger partial charge in [-0.1, -0.05) is 27.7 Å². The van der Waals surface area contributed by atoms with E-state index in [4.69, 9.17) is 0 Å². The SMILES string of the molecule is CCN1/C(=C/C(C)=O)Sc2ccc(Br)cc21. The van der Waals surface area contributed by atoms with Gasteiger partial charge in [-0.05, 0) is 32.0 Å². The van der Waals surface area contributed by atoms with Crippen molar-refractivity contribution in [2.75, 3.05) is 11.4 Å². The number of benzene rings is 1. The third-order valence-corrected chi connectivity index (χ3v) is 3.94. The maximum absolute atomic E-state index is 11.2. The first-order chi connectivity index (χ1) is 7.61. The number of carbonyl (C=O) groups is 1. The van der Waals surface area contributed by atoms with Crippen molar-refractivity contribution in [2.24, 2.45) is 0 Å². The number of fused-ring (bicyclic) bond motifs is 1. The number of thioether (sulfide) groups is 1. The fourth-order valence-electron chi connectivity index (χ4n) is 1.68. The lowest BCUT2D eigenvalue weighted by Gasteiger charge is -2.17. The average Bonchev–Trinajstić information content (AvgIpc) is 2.53. The maximum Gasteiger partial charge on any atom is 0.155 e. The van der Waals surface area contributed by atoms with Gasteiger partial charge < -0.3 is 4.90 Å². The van der Waals surface area contributed by atoms with Crippen molar-refractivity contribution >= 4 is 39.2 Å². The molecular weight excluding hydrogens is 286 g/mol. The van der Waals surface area contributed by atoms with Crippen LogP contribution in [0.25, 0.3) is 0 Å². The van der Waals surface area contributed by atoms with Crippen LogP contribution in [0.5, 0.6) is 0 Å². The minimum absolute atomic E-state index is 0.0906. The maximum atomic E-state index is 11.2. The molecule has 0 atom stereocenters. The van der Waals surface area contributed by atoms with Crippen LogP contribution in [0.4, 0.5) is 5.69 Å². The molecule has 1 aliphatic rings. The van der Waals surface area contributed by atoms with Crippen LogP contribution in [-0.2, 0) is 4.79 Å². The van der Waals surface area contributed by atoms with Crippen molar-refractivity contribution in [2.45, 2.75) is 18.7 Å². The zero-order valence-corrected chi connectivity index (χ0v) is 11.6. The molecule has 1 aromatic carbocycles. The zero-order chi connectivity index (χ0) is 11.7. The van der Waals surface area contributed by atoms with E-state index < -0.39 is 0 Å². The van der Waals surface area contributed by atoms with E-state index in [-0.39, 0.29) is 5.78 Å². The van der Waals surface area contributed by atoms with Gasteiger partial charge in [-0.2, -0.15) is 0 Å². The molecule has 1 aliphatic heterocycles. The Balaban J connectivity index is 2.44. The van der Waals surface area contributed by atoms with Crippen molar-refractivity contribution in [1.82, 2.24) is 0 Å². The molecule has 0 fully saturated rings. The first-order valence-electron chi connectivity index (χ1n) is 5.09. The summed E-state index contributed by atoms with van der Waals surface area (Å²) in [7, 11) is 0. The first kappa shape index (κ1) is 11.7. The van der Waals surface area contributed by atoms with Gasteiger partial charge in [0.25, 0.3) is 0 Å². The molecule has 0 saturated heterocycles. The Kier molecular flexibility index (Phi) is 3.40. The molecule has 1 heterocycles. The predicted octanol–water partition coefficient (Wildman–Crippen LogP) is 3.81. The number of hydrogen-bond donors (Lipinski definition) is 0. The molecule has 0 spiro atoms. The molecule has 4 heteroatoms. The fraction of sp³-hybridized carbons (Fsp3) is 0.250. The monoisotopic (exact) mass is 297 g/mol. The summed E-state index contributed by atoms with van der Waals surface area (Å²) >= 11 is 5.12. The smallest absolute Gasteiger partial charge is 0.155 e. The minimum atomic E-state index is 0.0906. The lowest BCUT2D eigenvalue weighted by molar-refractivity contribution is -0.112. The van der Waals surface area contributed by atoms with Crippen molar-refractivity contribution in [3.05, 3.63) is 33.8 Å². The Morgan fingerprint density at radius 3 is 2.94 bits per heavy atom. The molecule has 0 radical (unpaired) electrons. The standard InChI is InChI=1S/C12H12BrNOS/c1-3-14-10-7-9(13)4-5-11(10)16-12(14)6-8(2)15/h4-7H,3H2,1-2H3/b12-6-. The van der Waals surface area contributed by atoms with E-state index in [9.17, 15) is 4.79 Å². The third kappa shape index (κ3) is 2.18. The van der Waals surface area contributed by atoms with E-state index in [1.165, 1.54) is 10.6 Å². The van der Waals surface area contributed by atoms with Crippen molar-refractivity contribution in [1.29, 1.82) is 0 Å². The molecule has 0 unspecified atom stereocenters. The van der Waals surface area contributed by atoms with Gasteiger partial charge in [0.2, 0.25) is 0 Å². The van der Waals surface area contributed by atoms with Crippen LogP contribution in [-0.4, -0.2) is 12.3 Å². The highest BCUT2D eigenvalue weighted by Crippen LogP contribution is 2.46. The van der Waals surface area contributed by atoms with Crippen LogP contribution >= 0.6 is 27.7 Å². The normalized spacial score (nSPS) is 16.7. The number of nitrogens with zero attached hydrogens (tertiary/aromatic N) is 1. The highest BCUT2D eigenvalue weighted by atomic mass is 79.9. The molecule has 0 aliphatic carbocycles. The number of ketones is 1. The van der Waals surface area contributed by atoms with Gasteiger partial charge in [0, 0.05) is 22.0 Å². The van der Waals surface area contributed by atoms with E-state index in [1.807, 2.05) is 6.07 Å². The second-order valence-electron chi connectivity index (χ2n) is 3.55. The van der Waals surface area contributed by atoms with Crippen molar-refractivity contribution in [3.8, 4) is 0 Å². The largest absolute Gasteiger partial charge is 0.335 e. The summed E-state index contributed by atoms with van der Waals surface area (Å²) < 4.78 is 1.06. The Morgan fingerprint density at radius 2 is 2.31 bits per heavy atom. The number of allylic oxidation sites excluding steroid dienone is 1. The van der Waals surface area contributed by atoms with Crippen LogP contribution in [0, 0.1) is 0 Å². The summed E-state index contributed by atoms with van der Waals surface area (Å²) in [6, 6.07) is 6.19. The van der Waals surface area contributed by atoms with Gasteiger partial charge in [-0.25, -0.2) is 0 Å². The van der Waals surface area contributed by atoms with Gasteiger partial charge in [0.05, 0.1) is 10.7 Å². The van der Waals surface area contributed by atoms with Crippen LogP contribution < -0.4 is 4.90 Å². The lowest BCUT2D eigenvalue weighted by Crippen LogP contribution is -2.17. The highest BCUT2D eigenvalue weighted by molar-refractivity contribution is 9.10. The molecule has 84 valence electrons. The van der Waals surface area contributed by atoms with E-state index in [0.29, 0.717) is 0 Å². The van der Waals surface area contributed by atoms with Gasteiger partial charge in [0.15, 0.2) is 5.78 Å². The average molecular weight is 298 g/mol. The van der Waals surface area contributed by atoms with Crippen molar-refractivity contribution < 1.29 is 4.79 Å². The van der Waals surface area contributed by atoms with E-state index >= 15 is 0 Å². The van der Waals surface area contributed by atoms with E-state index in [1.54, 1.807) is 24.8 Å². The molecular formula is C12H12BrNOS. The second-order valence-corrected chi connectivity index (χ2v) is 5.53. The van der Waals surface area contributed by atoms with Crippen LogP contribution in [0.3, 0.4) is 0 Å². The van der Waals surface area contributed by atoms with Gasteiger partial charge in [-0.3, -0.25) is 4.79 Å². The summed E-state index contributed by atoms with van der Waals surface area (Å²) in [5, 5.41) is 1.02. The van der Waals surface area contributed by atoms with E-state index in [0.717, 1.165) is 16.0 Å². The molecule has 0 bridgehead atoms. The second kappa shape index (κ2) is 4.63. The summed E-state index contributed by atoms with van der Waals surface area (Å²) in [5.41, 5.74) is 1.18. The number of carbonyl (C=O) groups excluding carboxylic acids is 1. The Bertz CT molecular complexity index is 470. The number of rotatable bonds is 2. The Labute approximate surface area is 108 Å². The summed E-state index contributed by atoms with van der Waals surface area (Å²) in [6.45, 7) is 4.54. The number of hydrogen-bond acceptors (Lipinski definition) is 3. The Morgan fingerprint density at radius 1 is 1.56 bits per heavy atom.